The highest BCUT2D eigenvalue weighted by Gasteiger charge is 2.35. The first-order chi connectivity index (χ1) is 14.9. The van der Waals surface area contributed by atoms with Crippen LogP contribution >= 0.6 is 0 Å². The summed E-state index contributed by atoms with van der Waals surface area (Å²) in [4.78, 5) is 2.32. The van der Waals surface area contributed by atoms with Crippen molar-refractivity contribution in [1.29, 1.82) is 5.26 Å². The number of nitriles is 1. The fraction of sp³-hybridized carbons (Fsp3) is 0.500. The van der Waals surface area contributed by atoms with Gasteiger partial charge in [-0.3, -0.25) is 0 Å². The molecule has 0 aliphatic rings. The van der Waals surface area contributed by atoms with Crippen molar-refractivity contribution >= 4 is 0 Å². The number of hydrogen-bond acceptors (Lipinski definition) is 5. The molecule has 0 amide bonds. The Labute approximate surface area is 187 Å². The van der Waals surface area contributed by atoms with Crippen LogP contribution in [0.2, 0.25) is 0 Å². The lowest BCUT2D eigenvalue weighted by molar-refractivity contribution is 0.293. The lowest BCUT2D eigenvalue weighted by Crippen LogP contribution is -2.32. The Kier molecular flexibility index (Phi) is 9.21. The van der Waals surface area contributed by atoms with Gasteiger partial charge in [0.25, 0.3) is 0 Å². The van der Waals surface area contributed by atoms with Crippen LogP contribution < -0.4 is 14.2 Å². The molecule has 0 aromatic heterocycles. The molecule has 0 bridgehead atoms. The van der Waals surface area contributed by atoms with Gasteiger partial charge in [0.1, 0.15) is 17.2 Å². The van der Waals surface area contributed by atoms with E-state index in [-0.39, 0.29) is 5.92 Å². The van der Waals surface area contributed by atoms with Crippen molar-refractivity contribution in [2.24, 2.45) is 5.92 Å². The van der Waals surface area contributed by atoms with Gasteiger partial charge >= 0.3 is 0 Å². The van der Waals surface area contributed by atoms with E-state index in [9.17, 15) is 5.26 Å². The van der Waals surface area contributed by atoms with Gasteiger partial charge in [-0.25, -0.2) is 0 Å². The number of rotatable bonds is 12. The molecule has 0 aliphatic carbocycles. The molecule has 1 atom stereocenters. The number of nitrogens with zero attached hydrogens (tertiary/aromatic N) is 2. The van der Waals surface area contributed by atoms with Gasteiger partial charge in [-0.15, -0.1) is 0 Å². The normalized spacial score (nSPS) is 13.0. The Morgan fingerprint density at radius 3 is 2.13 bits per heavy atom. The van der Waals surface area contributed by atoms with Crippen LogP contribution in [0.15, 0.2) is 42.5 Å². The van der Waals surface area contributed by atoms with Crippen LogP contribution in [-0.2, 0) is 11.8 Å². The zero-order valence-electron chi connectivity index (χ0n) is 19.8. The molecule has 31 heavy (non-hydrogen) atoms. The molecular weight excluding hydrogens is 388 g/mol. The Morgan fingerprint density at radius 1 is 0.935 bits per heavy atom. The Bertz CT molecular complexity index is 853. The van der Waals surface area contributed by atoms with Gasteiger partial charge in [0.05, 0.1) is 32.8 Å². The number of hydrogen-bond donors (Lipinski definition) is 0. The van der Waals surface area contributed by atoms with Crippen LogP contribution in [0.5, 0.6) is 17.2 Å². The topological polar surface area (TPSA) is 54.7 Å². The predicted octanol–water partition coefficient (Wildman–Crippen LogP) is 5.08. The second-order valence-electron chi connectivity index (χ2n) is 8.35. The van der Waals surface area contributed by atoms with Crippen molar-refractivity contribution in [1.82, 2.24) is 4.90 Å². The third kappa shape index (κ3) is 6.38. The molecule has 0 aliphatic heterocycles. The Morgan fingerprint density at radius 2 is 1.58 bits per heavy atom. The molecule has 2 rings (SSSR count). The molecule has 0 saturated carbocycles. The molecule has 0 saturated heterocycles. The number of methoxy groups -OCH3 is 3. The first-order valence-corrected chi connectivity index (χ1v) is 10.8. The number of likely N-dealkylation sites (N-methyl/N-ethyl adjacent to an activating group) is 1. The van der Waals surface area contributed by atoms with Gasteiger partial charge in [-0.2, -0.15) is 5.26 Å². The van der Waals surface area contributed by atoms with Crippen molar-refractivity contribution in [2.45, 2.75) is 38.5 Å². The van der Waals surface area contributed by atoms with E-state index in [4.69, 9.17) is 14.2 Å². The van der Waals surface area contributed by atoms with Gasteiger partial charge in [0.2, 0.25) is 0 Å². The molecule has 0 N–H and O–H groups in total. The molecule has 0 heterocycles. The minimum absolute atomic E-state index is 0.208. The average molecular weight is 425 g/mol. The summed E-state index contributed by atoms with van der Waals surface area (Å²) in [7, 11) is 7.13. The van der Waals surface area contributed by atoms with E-state index >= 15 is 0 Å². The highest BCUT2D eigenvalue weighted by Crippen LogP contribution is 2.38. The van der Waals surface area contributed by atoms with Crippen molar-refractivity contribution < 1.29 is 14.2 Å². The fourth-order valence-corrected chi connectivity index (χ4v) is 3.99. The van der Waals surface area contributed by atoms with E-state index in [1.807, 2.05) is 30.3 Å². The first kappa shape index (κ1) is 24.6. The maximum absolute atomic E-state index is 10.2. The van der Waals surface area contributed by atoms with Crippen molar-refractivity contribution in [3.63, 3.8) is 0 Å². The van der Waals surface area contributed by atoms with Gasteiger partial charge < -0.3 is 19.1 Å². The summed E-state index contributed by atoms with van der Waals surface area (Å²) in [5.74, 6) is 2.62. The summed E-state index contributed by atoms with van der Waals surface area (Å²) < 4.78 is 16.1. The number of benzene rings is 2. The Hall–Kier alpha value is -2.71. The minimum Gasteiger partial charge on any atom is -0.497 e. The minimum atomic E-state index is -0.518. The lowest BCUT2D eigenvalue weighted by atomic mass is 9.70. The highest BCUT2D eigenvalue weighted by atomic mass is 16.5. The van der Waals surface area contributed by atoms with E-state index in [1.54, 1.807) is 21.3 Å². The highest BCUT2D eigenvalue weighted by molar-refractivity contribution is 5.39. The first-order valence-electron chi connectivity index (χ1n) is 10.8. The third-order valence-corrected chi connectivity index (χ3v) is 6.07. The Balaban J connectivity index is 1.98. The second kappa shape index (κ2) is 11.6. The molecule has 0 fully saturated rings. The molecule has 0 unspecified atom stereocenters. The maximum atomic E-state index is 10.2. The van der Waals surface area contributed by atoms with Crippen LogP contribution in [0.3, 0.4) is 0 Å². The van der Waals surface area contributed by atoms with Gasteiger partial charge in [0.15, 0.2) is 0 Å². The summed E-state index contributed by atoms with van der Waals surface area (Å²) in [6.07, 6.45) is 2.67. The SMILES string of the molecule is COc1cc(CCN(C)CCC[C@@](C#N)(c2cccc(OC)c2)C(C)C)cc(OC)c1. The van der Waals surface area contributed by atoms with Crippen molar-refractivity contribution in [3.05, 3.63) is 53.6 Å². The smallest absolute Gasteiger partial charge is 0.122 e. The summed E-state index contributed by atoms with van der Waals surface area (Å²) in [6, 6.07) is 16.6. The summed E-state index contributed by atoms with van der Waals surface area (Å²) >= 11 is 0. The van der Waals surface area contributed by atoms with Gasteiger partial charge in [-0.05, 0) is 74.2 Å². The zero-order chi connectivity index (χ0) is 22.9. The largest absolute Gasteiger partial charge is 0.497 e. The molecule has 2 aromatic rings. The molecule has 0 spiro atoms. The van der Waals surface area contributed by atoms with Crippen LogP contribution in [-0.4, -0.2) is 46.4 Å². The molecule has 5 heteroatoms. The second-order valence-corrected chi connectivity index (χ2v) is 8.35. The summed E-state index contributed by atoms with van der Waals surface area (Å²) in [6.45, 7) is 6.11. The third-order valence-electron chi connectivity index (χ3n) is 6.07. The van der Waals surface area contributed by atoms with Crippen LogP contribution in [0.4, 0.5) is 0 Å². The molecule has 0 radical (unpaired) electrons. The van der Waals surface area contributed by atoms with E-state index in [0.717, 1.165) is 55.2 Å². The van der Waals surface area contributed by atoms with E-state index in [2.05, 4.69) is 44.0 Å². The van der Waals surface area contributed by atoms with Crippen LogP contribution in [0.1, 0.15) is 37.8 Å². The molecular formula is C26H36N2O3. The van der Waals surface area contributed by atoms with Gasteiger partial charge in [-0.1, -0.05) is 26.0 Å². The molecule has 2 aromatic carbocycles. The van der Waals surface area contributed by atoms with Crippen molar-refractivity contribution in [3.8, 4) is 23.3 Å². The number of ether oxygens (including phenoxy) is 3. The summed E-state index contributed by atoms with van der Waals surface area (Å²) in [5, 5.41) is 10.2. The average Bonchev–Trinajstić information content (AvgIpc) is 2.80. The lowest BCUT2D eigenvalue weighted by Gasteiger charge is -2.32. The van der Waals surface area contributed by atoms with Crippen LogP contribution in [0.25, 0.3) is 0 Å². The quantitative estimate of drug-likeness (QED) is 0.475. The van der Waals surface area contributed by atoms with E-state index < -0.39 is 5.41 Å². The van der Waals surface area contributed by atoms with E-state index in [0.29, 0.717) is 0 Å². The summed E-state index contributed by atoms with van der Waals surface area (Å²) in [5.41, 5.74) is 1.71. The predicted molar refractivity (Wildman–Crippen MR) is 125 cm³/mol. The molecule has 168 valence electrons. The van der Waals surface area contributed by atoms with E-state index in [1.165, 1.54) is 5.56 Å². The van der Waals surface area contributed by atoms with Crippen LogP contribution in [0, 0.1) is 17.2 Å². The maximum Gasteiger partial charge on any atom is 0.122 e. The van der Waals surface area contributed by atoms with Gasteiger partial charge in [0, 0.05) is 12.6 Å². The monoisotopic (exact) mass is 424 g/mol. The fourth-order valence-electron chi connectivity index (χ4n) is 3.99. The van der Waals surface area contributed by atoms with Crippen molar-refractivity contribution in [2.75, 3.05) is 41.5 Å². The zero-order valence-corrected chi connectivity index (χ0v) is 19.8. The standard InChI is InChI=1S/C26H36N2O3/c1-20(2)26(19-27,22-9-7-10-23(17-22)29-4)12-8-13-28(3)14-11-21-15-24(30-5)18-25(16-21)31-6/h7,9-10,15-18,20H,8,11-14H2,1-6H3/t26-/m0/s1. The molecule has 5 nitrogen and oxygen atoms in total.